The van der Waals surface area contributed by atoms with Crippen molar-refractivity contribution in [2.45, 2.75) is 38.6 Å². The van der Waals surface area contributed by atoms with Gasteiger partial charge in [-0.3, -0.25) is 4.68 Å². The third-order valence-electron chi connectivity index (χ3n) is 3.62. The Kier molecular flexibility index (Phi) is 6.27. The van der Waals surface area contributed by atoms with Crippen molar-refractivity contribution in [3.63, 3.8) is 0 Å². The van der Waals surface area contributed by atoms with Crippen LogP contribution in [-0.2, 0) is 19.9 Å². The molecule has 1 atom stereocenters. The van der Waals surface area contributed by atoms with Crippen molar-refractivity contribution in [3.8, 4) is 0 Å². The summed E-state index contributed by atoms with van der Waals surface area (Å²) in [6.45, 7) is 3.26. The van der Waals surface area contributed by atoms with Gasteiger partial charge in [-0.1, -0.05) is 30.7 Å². The Morgan fingerprint density at radius 2 is 2.00 bits per heavy atom. The Bertz CT molecular complexity index is 533. The molecule has 4 heteroatoms. The van der Waals surface area contributed by atoms with E-state index in [0.29, 0.717) is 6.04 Å². The van der Waals surface area contributed by atoms with Crippen molar-refractivity contribution in [3.05, 3.63) is 52.8 Å². The second-order valence-electron chi connectivity index (χ2n) is 5.54. The molecule has 1 unspecified atom stereocenters. The third-order valence-corrected chi connectivity index (χ3v) is 3.87. The molecule has 0 radical (unpaired) electrons. The zero-order valence-corrected chi connectivity index (χ0v) is 13.6. The molecule has 2 aromatic rings. The van der Waals surface area contributed by atoms with Crippen LogP contribution in [0, 0.1) is 0 Å². The molecule has 0 saturated carbocycles. The zero-order chi connectivity index (χ0) is 15.1. The first-order chi connectivity index (χ1) is 10.2. The largest absolute Gasteiger partial charge is 0.314 e. The molecule has 1 N–H and O–H groups in total. The fraction of sp³-hybridized carbons (Fsp3) is 0.471. The standard InChI is InChI=1S/C17H24ClN3/c1-3-10-19-17(9-6-15-12-20-21(2)13-15)11-14-4-7-16(18)8-5-14/h4-5,7-8,12-13,17,19H,3,6,9-11H2,1-2H3. The maximum atomic E-state index is 5.95. The van der Waals surface area contributed by atoms with E-state index in [1.165, 1.54) is 11.1 Å². The van der Waals surface area contributed by atoms with E-state index >= 15 is 0 Å². The Labute approximate surface area is 132 Å². The van der Waals surface area contributed by atoms with Gasteiger partial charge in [0.2, 0.25) is 0 Å². The smallest absolute Gasteiger partial charge is 0.0521 e. The van der Waals surface area contributed by atoms with Gasteiger partial charge >= 0.3 is 0 Å². The Hall–Kier alpha value is -1.32. The highest BCUT2D eigenvalue weighted by atomic mass is 35.5. The molecular formula is C17H24ClN3. The second-order valence-corrected chi connectivity index (χ2v) is 5.98. The molecular weight excluding hydrogens is 282 g/mol. The van der Waals surface area contributed by atoms with Gasteiger partial charge in [0.25, 0.3) is 0 Å². The summed E-state index contributed by atoms with van der Waals surface area (Å²) in [4.78, 5) is 0. The SMILES string of the molecule is CCCNC(CCc1cnn(C)c1)Cc1ccc(Cl)cc1. The molecule has 0 bridgehead atoms. The van der Waals surface area contributed by atoms with Crippen molar-refractivity contribution >= 4 is 11.6 Å². The van der Waals surface area contributed by atoms with Crippen LogP contribution in [0.15, 0.2) is 36.7 Å². The zero-order valence-electron chi connectivity index (χ0n) is 12.8. The Morgan fingerprint density at radius 1 is 1.24 bits per heavy atom. The predicted octanol–water partition coefficient (Wildman–Crippen LogP) is 3.62. The van der Waals surface area contributed by atoms with E-state index < -0.39 is 0 Å². The normalized spacial score (nSPS) is 12.5. The summed E-state index contributed by atoms with van der Waals surface area (Å²) in [6.07, 6.45) is 8.43. The van der Waals surface area contributed by atoms with Crippen LogP contribution in [0.4, 0.5) is 0 Å². The third kappa shape index (κ3) is 5.52. The lowest BCUT2D eigenvalue weighted by molar-refractivity contribution is 0.477. The Balaban J connectivity index is 1.91. The quantitative estimate of drug-likeness (QED) is 0.807. The minimum atomic E-state index is 0.492. The van der Waals surface area contributed by atoms with Crippen LogP contribution in [-0.4, -0.2) is 22.4 Å². The van der Waals surface area contributed by atoms with Crippen molar-refractivity contribution in [2.75, 3.05) is 6.54 Å². The second kappa shape index (κ2) is 8.20. The molecule has 0 spiro atoms. The number of aromatic nitrogens is 2. The molecule has 0 aliphatic carbocycles. The van der Waals surface area contributed by atoms with Gasteiger partial charge in [0, 0.05) is 24.3 Å². The first-order valence-corrected chi connectivity index (χ1v) is 8.00. The predicted molar refractivity (Wildman–Crippen MR) is 88.8 cm³/mol. The lowest BCUT2D eigenvalue weighted by Crippen LogP contribution is -2.32. The number of benzene rings is 1. The first kappa shape index (κ1) is 16.1. The van der Waals surface area contributed by atoms with Crippen LogP contribution in [0.5, 0.6) is 0 Å². The van der Waals surface area contributed by atoms with Gasteiger partial charge in [0.1, 0.15) is 0 Å². The average molecular weight is 306 g/mol. The van der Waals surface area contributed by atoms with E-state index in [9.17, 15) is 0 Å². The van der Waals surface area contributed by atoms with E-state index in [4.69, 9.17) is 11.6 Å². The van der Waals surface area contributed by atoms with Crippen LogP contribution >= 0.6 is 11.6 Å². The molecule has 1 heterocycles. The number of halogens is 1. The maximum Gasteiger partial charge on any atom is 0.0521 e. The van der Waals surface area contributed by atoms with Gasteiger partial charge < -0.3 is 5.32 Å². The molecule has 1 aromatic carbocycles. The fourth-order valence-electron chi connectivity index (χ4n) is 2.47. The number of rotatable bonds is 8. The minimum Gasteiger partial charge on any atom is -0.314 e. The van der Waals surface area contributed by atoms with Crippen LogP contribution in [0.2, 0.25) is 5.02 Å². The molecule has 114 valence electrons. The summed E-state index contributed by atoms with van der Waals surface area (Å²) < 4.78 is 1.86. The number of hydrogen-bond donors (Lipinski definition) is 1. The number of hydrogen-bond acceptors (Lipinski definition) is 2. The van der Waals surface area contributed by atoms with Gasteiger partial charge in [0.15, 0.2) is 0 Å². The Morgan fingerprint density at radius 3 is 2.62 bits per heavy atom. The van der Waals surface area contributed by atoms with Crippen LogP contribution in [0.1, 0.15) is 30.9 Å². The van der Waals surface area contributed by atoms with Gasteiger partial charge in [-0.05, 0) is 55.5 Å². The molecule has 0 amide bonds. The highest BCUT2D eigenvalue weighted by Crippen LogP contribution is 2.13. The van der Waals surface area contributed by atoms with Crippen LogP contribution < -0.4 is 5.32 Å². The molecule has 2 rings (SSSR count). The number of aryl methyl sites for hydroxylation is 2. The molecule has 3 nitrogen and oxygen atoms in total. The van der Waals surface area contributed by atoms with Crippen molar-refractivity contribution in [1.29, 1.82) is 0 Å². The van der Waals surface area contributed by atoms with Gasteiger partial charge in [-0.25, -0.2) is 0 Å². The molecule has 21 heavy (non-hydrogen) atoms. The van der Waals surface area contributed by atoms with Crippen molar-refractivity contribution in [1.82, 2.24) is 15.1 Å². The summed E-state index contributed by atoms with van der Waals surface area (Å²) >= 11 is 5.95. The lowest BCUT2D eigenvalue weighted by atomic mass is 10.00. The number of nitrogens with zero attached hydrogens (tertiary/aromatic N) is 2. The van der Waals surface area contributed by atoms with E-state index in [2.05, 4.69) is 35.7 Å². The average Bonchev–Trinajstić information content (AvgIpc) is 2.90. The molecule has 0 aliphatic rings. The molecule has 1 aromatic heterocycles. The highest BCUT2D eigenvalue weighted by molar-refractivity contribution is 6.30. The maximum absolute atomic E-state index is 5.95. The van der Waals surface area contributed by atoms with Crippen molar-refractivity contribution < 1.29 is 0 Å². The van der Waals surface area contributed by atoms with E-state index in [-0.39, 0.29) is 0 Å². The molecule has 0 aliphatic heterocycles. The van der Waals surface area contributed by atoms with E-state index in [1.54, 1.807) is 0 Å². The fourth-order valence-corrected chi connectivity index (χ4v) is 2.60. The van der Waals surface area contributed by atoms with Crippen LogP contribution in [0.3, 0.4) is 0 Å². The highest BCUT2D eigenvalue weighted by Gasteiger charge is 2.10. The van der Waals surface area contributed by atoms with E-state index in [1.807, 2.05) is 30.1 Å². The molecule has 0 saturated heterocycles. The summed E-state index contributed by atoms with van der Waals surface area (Å²) in [6, 6.07) is 8.66. The van der Waals surface area contributed by atoms with Crippen LogP contribution in [0.25, 0.3) is 0 Å². The van der Waals surface area contributed by atoms with Crippen molar-refractivity contribution in [2.24, 2.45) is 7.05 Å². The lowest BCUT2D eigenvalue weighted by Gasteiger charge is -2.18. The summed E-state index contributed by atoms with van der Waals surface area (Å²) in [7, 11) is 1.96. The summed E-state index contributed by atoms with van der Waals surface area (Å²) in [5.74, 6) is 0. The van der Waals surface area contributed by atoms with Gasteiger partial charge in [-0.2, -0.15) is 5.10 Å². The first-order valence-electron chi connectivity index (χ1n) is 7.62. The van der Waals surface area contributed by atoms with E-state index in [0.717, 1.165) is 37.3 Å². The molecule has 0 fully saturated rings. The monoisotopic (exact) mass is 305 g/mol. The number of nitrogens with one attached hydrogen (secondary N) is 1. The van der Waals surface area contributed by atoms with Gasteiger partial charge in [-0.15, -0.1) is 0 Å². The summed E-state index contributed by atoms with van der Waals surface area (Å²) in [5, 5.41) is 8.68. The topological polar surface area (TPSA) is 29.9 Å². The summed E-state index contributed by atoms with van der Waals surface area (Å²) in [5.41, 5.74) is 2.64. The van der Waals surface area contributed by atoms with Gasteiger partial charge in [0.05, 0.1) is 6.20 Å². The minimum absolute atomic E-state index is 0.492.